The number of aliphatic hydroxyl groups is 2. The molecule has 0 heterocycles. The smallest absolute Gasteiger partial charge is 0.334 e. The number of rotatable bonds is 7. The van der Waals surface area contributed by atoms with Gasteiger partial charge in [0.15, 0.2) is 0 Å². The van der Waals surface area contributed by atoms with E-state index in [1.165, 1.54) is 6.92 Å². The van der Waals surface area contributed by atoms with Crippen molar-refractivity contribution in [2.24, 2.45) is 0 Å². The van der Waals surface area contributed by atoms with Crippen molar-refractivity contribution in [1.29, 1.82) is 0 Å². The average Bonchev–Trinajstić information content (AvgIpc) is 2.36. The normalized spacial score (nSPS) is 10.0. The summed E-state index contributed by atoms with van der Waals surface area (Å²) in [5, 5.41) is 24.7. The molecule has 0 aromatic heterocycles. The molecule has 0 saturated heterocycles. The van der Waals surface area contributed by atoms with Gasteiger partial charge in [-0.25, -0.2) is 9.59 Å². The van der Waals surface area contributed by atoms with Gasteiger partial charge in [0.25, 0.3) is 0 Å². The number of carbonyl (C=O) groups excluding carboxylic acids is 1. The van der Waals surface area contributed by atoms with Crippen LogP contribution in [0.2, 0.25) is 0 Å². The van der Waals surface area contributed by atoms with Crippen LogP contribution in [0.4, 0.5) is 0 Å². The second-order valence-corrected chi connectivity index (χ2v) is 3.34. The van der Waals surface area contributed by atoms with Gasteiger partial charge in [0.1, 0.15) is 13.2 Å². The van der Waals surface area contributed by atoms with Crippen LogP contribution in [0.25, 0.3) is 0 Å². The zero-order valence-corrected chi connectivity index (χ0v) is 11.1. The Hall–Kier alpha value is -1.86. The average molecular weight is 276 g/mol. The lowest BCUT2D eigenvalue weighted by Gasteiger charge is -1.99. The molecule has 0 saturated carbocycles. The quantitative estimate of drug-likeness (QED) is 0.261. The van der Waals surface area contributed by atoms with Crippen LogP contribution < -0.4 is 0 Å². The number of aliphatic carboxylic acids is 1. The van der Waals surface area contributed by atoms with Gasteiger partial charge in [-0.15, -0.1) is 0 Å². The fraction of sp³-hybridized carbons (Fsp3) is 0.500. The number of esters is 1. The van der Waals surface area contributed by atoms with Gasteiger partial charge < -0.3 is 24.8 Å². The van der Waals surface area contributed by atoms with E-state index in [1.54, 1.807) is 6.92 Å². The molecule has 0 aliphatic heterocycles. The van der Waals surface area contributed by atoms with Crippen LogP contribution in [0.3, 0.4) is 0 Å². The summed E-state index contributed by atoms with van der Waals surface area (Å²) < 4.78 is 9.08. The number of aliphatic hydroxyl groups excluding tert-OH is 2. The predicted octanol–water partition coefficient (Wildman–Crippen LogP) is 0.0817. The molecule has 0 aromatic rings. The molecule has 19 heavy (non-hydrogen) atoms. The summed E-state index contributed by atoms with van der Waals surface area (Å²) in [6.45, 7) is 6.25. The second kappa shape index (κ2) is 12.6. The minimum Gasteiger partial charge on any atom is -0.498 e. The molecular formula is C12H20O7. The summed E-state index contributed by atoms with van der Waals surface area (Å²) in [6, 6.07) is 0. The van der Waals surface area contributed by atoms with E-state index in [0.29, 0.717) is 5.57 Å². The molecule has 0 unspecified atom stereocenters. The monoisotopic (exact) mass is 276 g/mol. The zero-order valence-electron chi connectivity index (χ0n) is 11.1. The molecule has 0 aromatic carbocycles. The summed E-state index contributed by atoms with van der Waals surface area (Å²) >= 11 is 0. The van der Waals surface area contributed by atoms with E-state index in [-0.39, 0.29) is 32.0 Å². The first-order valence-corrected chi connectivity index (χ1v) is 5.42. The molecule has 0 aliphatic rings. The SMILES string of the molecule is C=C(C)C(=O)OCCO.CC(=COCCO)C(=O)O. The highest BCUT2D eigenvalue weighted by Crippen LogP contribution is 1.91. The largest absolute Gasteiger partial charge is 0.498 e. The van der Waals surface area contributed by atoms with E-state index in [4.69, 9.17) is 15.3 Å². The number of carboxylic acid groups (broad SMARTS) is 1. The molecule has 3 N–H and O–H groups in total. The summed E-state index contributed by atoms with van der Waals surface area (Å²) in [6.07, 6.45) is 1.11. The standard InChI is InChI=1S/C6H10O4.C6H10O3/c1-5(6(8)9)4-10-3-2-7;1-5(2)6(8)9-4-3-7/h4,7H,2-3H2,1H3,(H,8,9);7H,1,3-4H2,2H3. The van der Waals surface area contributed by atoms with Crippen LogP contribution in [0.1, 0.15) is 13.8 Å². The lowest BCUT2D eigenvalue weighted by atomic mass is 10.3. The third-order valence-electron chi connectivity index (χ3n) is 1.48. The van der Waals surface area contributed by atoms with Crippen molar-refractivity contribution in [3.05, 3.63) is 24.0 Å². The van der Waals surface area contributed by atoms with Crippen molar-refractivity contribution in [3.63, 3.8) is 0 Å². The van der Waals surface area contributed by atoms with E-state index in [1.807, 2.05) is 0 Å². The van der Waals surface area contributed by atoms with E-state index in [0.717, 1.165) is 6.26 Å². The lowest BCUT2D eigenvalue weighted by Crippen LogP contribution is -2.08. The number of carboxylic acids is 1. The van der Waals surface area contributed by atoms with Crippen molar-refractivity contribution < 1.29 is 34.4 Å². The highest BCUT2D eigenvalue weighted by Gasteiger charge is 2.00. The van der Waals surface area contributed by atoms with Crippen molar-refractivity contribution in [3.8, 4) is 0 Å². The van der Waals surface area contributed by atoms with E-state index in [2.05, 4.69) is 16.1 Å². The predicted molar refractivity (Wildman–Crippen MR) is 67.3 cm³/mol. The van der Waals surface area contributed by atoms with Crippen molar-refractivity contribution in [2.45, 2.75) is 13.8 Å². The van der Waals surface area contributed by atoms with Crippen molar-refractivity contribution in [1.82, 2.24) is 0 Å². The van der Waals surface area contributed by atoms with Gasteiger partial charge in [0.05, 0.1) is 25.0 Å². The van der Waals surface area contributed by atoms with E-state index < -0.39 is 11.9 Å². The third kappa shape index (κ3) is 14.1. The lowest BCUT2D eigenvalue weighted by molar-refractivity contribution is -0.140. The fourth-order valence-electron chi connectivity index (χ4n) is 0.549. The first-order chi connectivity index (χ1) is 8.86. The highest BCUT2D eigenvalue weighted by atomic mass is 16.5. The Morgan fingerprint density at radius 2 is 1.68 bits per heavy atom. The van der Waals surface area contributed by atoms with Crippen LogP contribution >= 0.6 is 0 Å². The maximum Gasteiger partial charge on any atom is 0.334 e. The maximum absolute atomic E-state index is 10.5. The van der Waals surface area contributed by atoms with Crippen LogP contribution in [0.5, 0.6) is 0 Å². The Morgan fingerprint density at radius 3 is 2.05 bits per heavy atom. The van der Waals surface area contributed by atoms with Gasteiger partial charge in [-0.2, -0.15) is 0 Å². The molecule has 0 fully saturated rings. The van der Waals surface area contributed by atoms with Crippen molar-refractivity contribution >= 4 is 11.9 Å². The number of hydrogen-bond acceptors (Lipinski definition) is 6. The Bertz CT molecular complexity index is 320. The van der Waals surface area contributed by atoms with Crippen LogP contribution in [-0.2, 0) is 19.1 Å². The minimum atomic E-state index is -1.02. The topological polar surface area (TPSA) is 113 Å². The Labute approximate surface area is 111 Å². The van der Waals surface area contributed by atoms with Crippen LogP contribution in [0, 0.1) is 0 Å². The number of carbonyl (C=O) groups is 2. The third-order valence-corrected chi connectivity index (χ3v) is 1.48. The summed E-state index contributed by atoms with van der Waals surface area (Å²) in [5.41, 5.74) is 0.469. The van der Waals surface area contributed by atoms with Gasteiger partial charge in [0, 0.05) is 5.57 Å². The van der Waals surface area contributed by atoms with Gasteiger partial charge in [-0.1, -0.05) is 6.58 Å². The molecule has 0 aliphatic carbocycles. The van der Waals surface area contributed by atoms with Crippen LogP contribution in [0.15, 0.2) is 24.0 Å². The molecule has 7 nitrogen and oxygen atoms in total. The summed E-state index contributed by atoms with van der Waals surface area (Å²) in [5.74, 6) is -1.47. The molecule has 0 amide bonds. The second-order valence-electron chi connectivity index (χ2n) is 3.34. The highest BCUT2D eigenvalue weighted by molar-refractivity contribution is 5.86. The van der Waals surface area contributed by atoms with Crippen LogP contribution in [-0.4, -0.2) is 53.7 Å². The molecule has 0 spiro atoms. The van der Waals surface area contributed by atoms with Gasteiger partial charge in [-0.3, -0.25) is 0 Å². The fourth-order valence-corrected chi connectivity index (χ4v) is 0.549. The first-order valence-electron chi connectivity index (χ1n) is 5.42. The molecule has 0 bridgehead atoms. The maximum atomic E-state index is 10.5. The number of hydrogen-bond donors (Lipinski definition) is 3. The van der Waals surface area contributed by atoms with E-state index >= 15 is 0 Å². The van der Waals surface area contributed by atoms with E-state index in [9.17, 15) is 9.59 Å². The molecule has 7 heteroatoms. The zero-order chi connectivity index (χ0) is 15.3. The summed E-state index contributed by atoms with van der Waals surface area (Å²) in [7, 11) is 0. The Kier molecular flexibility index (Phi) is 12.9. The first kappa shape index (κ1) is 19.5. The molecule has 0 radical (unpaired) electrons. The Balaban J connectivity index is 0. The minimum absolute atomic E-state index is 0.0473. The molecule has 110 valence electrons. The van der Waals surface area contributed by atoms with Gasteiger partial charge in [-0.05, 0) is 13.8 Å². The van der Waals surface area contributed by atoms with Crippen molar-refractivity contribution in [2.75, 3.05) is 26.4 Å². The number of ether oxygens (including phenoxy) is 2. The van der Waals surface area contributed by atoms with Gasteiger partial charge >= 0.3 is 11.9 Å². The Morgan fingerprint density at radius 1 is 1.16 bits per heavy atom. The summed E-state index contributed by atoms with van der Waals surface area (Å²) in [4.78, 5) is 20.6. The molecule has 0 rings (SSSR count). The molecule has 0 atom stereocenters. The molecular weight excluding hydrogens is 256 g/mol. The van der Waals surface area contributed by atoms with Gasteiger partial charge in [0.2, 0.25) is 0 Å².